The van der Waals surface area contributed by atoms with Gasteiger partial charge in [0.2, 0.25) is 5.60 Å². The fraction of sp³-hybridized carbons (Fsp3) is 0.500. The van der Waals surface area contributed by atoms with Gasteiger partial charge in [-0.25, -0.2) is 9.59 Å². The Bertz CT molecular complexity index is 412. The fourth-order valence-electron chi connectivity index (χ4n) is 1.48. The van der Waals surface area contributed by atoms with Crippen molar-refractivity contribution in [3.63, 3.8) is 0 Å². The second-order valence-electron chi connectivity index (χ2n) is 3.50. The van der Waals surface area contributed by atoms with Crippen molar-refractivity contribution in [1.29, 1.82) is 0 Å². The fourth-order valence-corrected chi connectivity index (χ4v) is 2.10. The van der Waals surface area contributed by atoms with E-state index in [0.717, 1.165) is 16.8 Å². The predicted octanol–water partition coefficient (Wildman–Crippen LogP) is -1.32. The molecule has 0 fully saturated rings. The van der Waals surface area contributed by atoms with Crippen molar-refractivity contribution >= 4 is 35.2 Å². The molecule has 1 rings (SSSR count). The van der Waals surface area contributed by atoms with Crippen LogP contribution >= 0.6 is 11.8 Å². The molecule has 1 heterocycles. The summed E-state index contributed by atoms with van der Waals surface area (Å²) in [5.74, 6) is -5.20. The number of hydrogen-bond donors (Lipinski definition) is 4. The number of thioether (sulfide) groups is 1. The Labute approximate surface area is 105 Å². The summed E-state index contributed by atoms with van der Waals surface area (Å²) in [6.45, 7) is 0. The highest BCUT2D eigenvalue weighted by Gasteiger charge is 2.53. The zero-order valence-electron chi connectivity index (χ0n) is 8.89. The topological polar surface area (TPSA) is 148 Å². The number of aliphatic carboxylic acids is 3. The lowest BCUT2D eigenvalue weighted by Crippen LogP contribution is -2.60. The second-order valence-corrected chi connectivity index (χ2v) is 4.30. The van der Waals surface area contributed by atoms with Crippen molar-refractivity contribution in [2.45, 2.75) is 18.1 Å². The summed E-state index contributed by atoms with van der Waals surface area (Å²) in [6, 6.07) is -1.97. The van der Waals surface area contributed by atoms with E-state index in [9.17, 15) is 19.5 Å². The molecule has 0 aromatic rings. The third-order valence-electron chi connectivity index (χ3n) is 2.25. The van der Waals surface area contributed by atoms with Crippen LogP contribution in [-0.2, 0) is 14.4 Å². The number of carbonyl (C=O) groups is 3. The van der Waals surface area contributed by atoms with Gasteiger partial charge in [0.25, 0.3) is 0 Å². The van der Waals surface area contributed by atoms with Crippen molar-refractivity contribution in [3.8, 4) is 0 Å². The molecule has 4 N–H and O–H groups in total. The molecule has 2 atom stereocenters. The highest BCUT2D eigenvalue weighted by molar-refractivity contribution is 8.12. The van der Waals surface area contributed by atoms with Crippen molar-refractivity contribution < 1.29 is 34.8 Å². The highest BCUT2D eigenvalue weighted by atomic mass is 32.2. The first-order chi connectivity index (χ1) is 8.29. The smallest absolute Gasteiger partial charge is 0.339 e. The molecule has 0 amide bonds. The summed E-state index contributed by atoms with van der Waals surface area (Å²) in [4.78, 5) is 32.7. The van der Waals surface area contributed by atoms with Gasteiger partial charge in [0, 0.05) is 0 Å². The molecule has 0 aromatic heterocycles. The monoisotopic (exact) mass is 278 g/mol. The van der Waals surface area contributed by atoms with Gasteiger partial charge in [-0.3, -0.25) is 9.80 Å². The molecule has 1 aliphatic rings. The lowest BCUT2D eigenvalue weighted by molar-refractivity contribution is -0.180. The third kappa shape index (κ3) is 2.71. The molecule has 1 aliphatic heterocycles. The van der Waals surface area contributed by atoms with Crippen molar-refractivity contribution in [2.75, 3.05) is 5.88 Å². The van der Waals surface area contributed by atoms with Crippen LogP contribution in [0.1, 0.15) is 6.42 Å². The highest BCUT2D eigenvalue weighted by Crippen LogP contribution is 2.26. The summed E-state index contributed by atoms with van der Waals surface area (Å²) in [6.07, 6.45) is -1.24. The molecular formula is C8H10N2O7S. The van der Waals surface area contributed by atoms with Crippen LogP contribution in [0.4, 0.5) is 0 Å². The van der Waals surface area contributed by atoms with Gasteiger partial charge in [-0.05, 0) is 0 Å². The predicted molar refractivity (Wildman–Crippen MR) is 59.1 cm³/mol. The first-order valence-electron chi connectivity index (χ1n) is 4.60. The summed E-state index contributed by atoms with van der Waals surface area (Å²) in [5, 5.41) is 40.8. The quantitative estimate of drug-likeness (QED) is 0.464. The largest absolute Gasteiger partial charge is 0.481 e. The van der Waals surface area contributed by atoms with Crippen LogP contribution in [0.3, 0.4) is 0 Å². The van der Waals surface area contributed by atoms with Crippen LogP contribution in [0, 0.1) is 0 Å². The van der Waals surface area contributed by atoms with E-state index in [4.69, 9.17) is 15.3 Å². The van der Waals surface area contributed by atoms with Crippen molar-refractivity contribution in [1.82, 2.24) is 5.01 Å². The molecule has 0 radical (unpaired) electrons. The van der Waals surface area contributed by atoms with E-state index in [-0.39, 0.29) is 5.88 Å². The molecular weight excluding hydrogens is 268 g/mol. The van der Waals surface area contributed by atoms with Crippen LogP contribution in [0.15, 0.2) is 5.10 Å². The van der Waals surface area contributed by atoms with Gasteiger partial charge in [0.1, 0.15) is 0 Å². The third-order valence-corrected chi connectivity index (χ3v) is 2.91. The molecule has 0 saturated carbocycles. The van der Waals surface area contributed by atoms with Crippen LogP contribution in [-0.4, -0.2) is 66.4 Å². The van der Waals surface area contributed by atoms with E-state index in [0.29, 0.717) is 0 Å². The molecule has 0 bridgehead atoms. The molecule has 9 nitrogen and oxygen atoms in total. The Morgan fingerprint density at radius 3 is 2.33 bits per heavy atom. The van der Waals surface area contributed by atoms with Crippen LogP contribution in [0.2, 0.25) is 0 Å². The van der Waals surface area contributed by atoms with E-state index in [1.165, 1.54) is 5.55 Å². The average Bonchev–Trinajstić information content (AvgIpc) is 2.68. The number of carboxylic acid groups (broad SMARTS) is 3. The number of hydrazone groups is 1. The van der Waals surface area contributed by atoms with E-state index >= 15 is 0 Å². The summed E-state index contributed by atoms with van der Waals surface area (Å²) < 4.78 is 0. The van der Waals surface area contributed by atoms with Crippen LogP contribution in [0.25, 0.3) is 0 Å². The van der Waals surface area contributed by atoms with Gasteiger partial charge in [0.05, 0.1) is 17.8 Å². The standard InChI is InChI=1S/C8H10N2O7S/c11-4(12)1-8(17,7(15)16)5(6(13)14)10-3-18-2-9-10/h2,5,17H,1,3H2,(H,11,12)(H,13,14)(H,15,16). The van der Waals surface area contributed by atoms with Gasteiger partial charge in [-0.2, -0.15) is 5.10 Å². The minimum absolute atomic E-state index is 0.0200. The summed E-state index contributed by atoms with van der Waals surface area (Å²) >= 11 is 1.09. The van der Waals surface area contributed by atoms with Gasteiger partial charge in [0.15, 0.2) is 6.04 Å². The maximum atomic E-state index is 11.1. The van der Waals surface area contributed by atoms with Crippen LogP contribution in [0.5, 0.6) is 0 Å². The molecule has 100 valence electrons. The Balaban J connectivity index is 3.12. The van der Waals surface area contributed by atoms with E-state index in [1.54, 1.807) is 0 Å². The molecule has 10 heteroatoms. The molecule has 0 saturated heterocycles. The Morgan fingerprint density at radius 1 is 1.39 bits per heavy atom. The lowest BCUT2D eigenvalue weighted by atomic mass is 9.90. The van der Waals surface area contributed by atoms with Crippen molar-refractivity contribution in [3.05, 3.63) is 0 Å². The van der Waals surface area contributed by atoms with Gasteiger partial charge < -0.3 is 20.4 Å². The Kier molecular flexibility index (Phi) is 4.14. The zero-order chi connectivity index (χ0) is 13.9. The number of rotatable bonds is 6. The number of hydrogen-bond acceptors (Lipinski definition) is 7. The first kappa shape index (κ1) is 14.3. The first-order valence-corrected chi connectivity index (χ1v) is 5.65. The van der Waals surface area contributed by atoms with Gasteiger partial charge >= 0.3 is 17.9 Å². The maximum absolute atomic E-state index is 11.1. The second kappa shape index (κ2) is 5.23. The maximum Gasteiger partial charge on any atom is 0.339 e. The molecule has 18 heavy (non-hydrogen) atoms. The van der Waals surface area contributed by atoms with Crippen molar-refractivity contribution in [2.24, 2.45) is 5.10 Å². The van der Waals surface area contributed by atoms with Gasteiger partial charge in [-0.15, -0.1) is 0 Å². The summed E-state index contributed by atoms with van der Waals surface area (Å²) in [5.41, 5.74) is -1.68. The number of nitrogens with zero attached hydrogens (tertiary/aromatic N) is 2. The van der Waals surface area contributed by atoms with E-state index in [2.05, 4.69) is 5.10 Å². The Morgan fingerprint density at radius 2 is 2.00 bits per heavy atom. The molecule has 0 spiro atoms. The summed E-state index contributed by atoms with van der Waals surface area (Å²) in [7, 11) is 0. The molecule has 0 aromatic carbocycles. The normalized spacial score (nSPS) is 19.3. The molecule has 2 unspecified atom stereocenters. The number of carboxylic acids is 3. The number of aliphatic hydroxyl groups is 1. The lowest BCUT2D eigenvalue weighted by Gasteiger charge is -2.32. The van der Waals surface area contributed by atoms with E-state index in [1.807, 2.05) is 0 Å². The molecule has 0 aliphatic carbocycles. The minimum atomic E-state index is -2.96. The minimum Gasteiger partial charge on any atom is -0.481 e. The Hall–Kier alpha value is -1.81. The van der Waals surface area contributed by atoms with Gasteiger partial charge in [-0.1, -0.05) is 11.8 Å². The SMILES string of the molecule is O=C(O)CC(O)(C(=O)O)C(C(=O)O)N1CSC=N1. The van der Waals surface area contributed by atoms with E-state index < -0.39 is 36.0 Å². The van der Waals surface area contributed by atoms with Crippen LogP contribution < -0.4 is 0 Å². The zero-order valence-corrected chi connectivity index (χ0v) is 9.70. The average molecular weight is 278 g/mol.